The van der Waals surface area contributed by atoms with Crippen LogP contribution >= 0.6 is 0 Å². The van der Waals surface area contributed by atoms with Crippen molar-refractivity contribution in [1.29, 1.82) is 0 Å². The molecule has 0 fully saturated rings. The first kappa shape index (κ1) is 17.2. The van der Waals surface area contributed by atoms with E-state index < -0.39 is 0 Å². The van der Waals surface area contributed by atoms with Crippen LogP contribution in [0.15, 0.2) is 34.9 Å². The van der Waals surface area contributed by atoms with Crippen LogP contribution in [0.1, 0.15) is 23.8 Å². The van der Waals surface area contributed by atoms with Gasteiger partial charge in [-0.15, -0.1) is 0 Å². The second kappa shape index (κ2) is 7.51. The number of furan rings is 1. The summed E-state index contributed by atoms with van der Waals surface area (Å²) in [6, 6.07) is 7.68. The number of urea groups is 1. The van der Waals surface area contributed by atoms with Crippen LogP contribution in [0, 0.1) is 0 Å². The Hall–Kier alpha value is -2.63. The average Bonchev–Trinajstić information content (AvgIpc) is 3.12. The third-order valence-corrected chi connectivity index (χ3v) is 4.46. The SMILES string of the molecule is COc1cc2c(cc1OC)CN(C(=O)N[C@H](C)Cc1ccco1)CC2. The lowest BCUT2D eigenvalue weighted by Crippen LogP contribution is -2.46. The van der Waals surface area contributed by atoms with Crippen LogP contribution in [0.3, 0.4) is 0 Å². The summed E-state index contributed by atoms with van der Waals surface area (Å²) in [7, 11) is 3.25. The molecule has 2 aromatic rings. The van der Waals surface area contributed by atoms with E-state index in [1.807, 2.05) is 36.1 Å². The number of ether oxygens (including phenoxy) is 2. The van der Waals surface area contributed by atoms with Gasteiger partial charge in [-0.1, -0.05) is 0 Å². The second-order valence-corrected chi connectivity index (χ2v) is 6.28. The molecule has 134 valence electrons. The van der Waals surface area contributed by atoms with Crippen LogP contribution in [0.25, 0.3) is 0 Å². The van der Waals surface area contributed by atoms with Crippen LogP contribution < -0.4 is 14.8 Å². The van der Waals surface area contributed by atoms with E-state index in [0.717, 1.165) is 23.5 Å². The van der Waals surface area contributed by atoms with Crippen LogP contribution in [0.4, 0.5) is 4.79 Å². The molecule has 2 amide bonds. The van der Waals surface area contributed by atoms with Crippen LogP contribution in [0.2, 0.25) is 0 Å². The van der Waals surface area contributed by atoms with E-state index in [1.54, 1.807) is 20.5 Å². The molecule has 25 heavy (non-hydrogen) atoms. The van der Waals surface area contributed by atoms with Gasteiger partial charge in [0.25, 0.3) is 0 Å². The predicted octanol–water partition coefficient (Wildman–Crippen LogP) is 3.00. The lowest BCUT2D eigenvalue weighted by atomic mass is 9.99. The Bertz CT molecular complexity index is 727. The predicted molar refractivity (Wildman–Crippen MR) is 94.1 cm³/mol. The molecule has 1 aliphatic rings. The number of hydrogen-bond donors (Lipinski definition) is 1. The molecule has 0 unspecified atom stereocenters. The zero-order chi connectivity index (χ0) is 17.8. The van der Waals surface area contributed by atoms with Crippen molar-refractivity contribution >= 4 is 6.03 Å². The molecule has 1 aliphatic heterocycles. The van der Waals surface area contributed by atoms with Gasteiger partial charge in [0.05, 0.1) is 20.5 Å². The van der Waals surface area contributed by atoms with E-state index >= 15 is 0 Å². The number of amides is 2. The number of carbonyl (C=O) groups is 1. The maximum atomic E-state index is 12.6. The molecule has 1 aromatic carbocycles. The van der Waals surface area contributed by atoms with Gasteiger partial charge in [0.1, 0.15) is 5.76 Å². The van der Waals surface area contributed by atoms with Gasteiger partial charge < -0.3 is 24.1 Å². The summed E-state index contributed by atoms with van der Waals surface area (Å²) in [6.45, 7) is 3.23. The number of fused-ring (bicyclic) bond motifs is 1. The quantitative estimate of drug-likeness (QED) is 0.906. The first-order valence-electron chi connectivity index (χ1n) is 8.42. The fourth-order valence-corrected chi connectivity index (χ4v) is 3.14. The topological polar surface area (TPSA) is 63.9 Å². The third-order valence-electron chi connectivity index (χ3n) is 4.46. The summed E-state index contributed by atoms with van der Waals surface area (Å²) >= 11 is 0. The normalized spacial score (nSPS) is 14.6. The molecule has 1 aromatic heterocycles. The van der Waals surface area contributed by atoms with Crippen molar-refractivity contribution in [2.24, 2.45) is 0 Å². The maximum absolute atomic E-state index is 12.6. The van der Waals surface area contributed by atoms with E-state index in [-0.39, 0.29) is 12.1 Å². The molecule has 6 heteroatoms. The number of hydrogen-bond acceptors (Lipinski definition) is 4. The van der Waals surface area contributed by atoms with Gasteiger partial charge in [0.15, 0.2) is 11.5 Å². The summed E-state index contributed by atoms with van der Waals surface area (Å²) in [6.07, 6.45) is 3.12. The third kappa shape index (κ3) is 3.90. The summed E-state index contributed by atoms with van der Waals surface area (Å²) in [5.41, 5.74) is 2.29. The van der Waals surface area contributed by atoms with Crippen molar-refractivity contribution in [3.8, 4) is 11.5 Å². The minimum atomic E-state index is -0.0560. The first-order valence-corrected chi connectivity index (χ1v) is 8.42. The Kier molecular flexibility index (Phi) is 5.16. The Morgan fingerprint density at radius 2 is 2.00 bits per heavy atom. The Morgan fingerprint density at radius 3 is 2.64 bits per heavy atom. The summed E-state index contributed by atoms with van der Waals surface area (Å²) in [5, 5.41) is 3.04. The van der Waals surface area contributed by atoms with Gasteiger partial charge in [0.2, 0.25) is 0 Å². The highest BCUT2D eigenvalue weighted by atomic mass is 16.5. The molecule has 3 rings (SSSR count). The number of nitrogens with zero attached hydrogens (tertiary/aromatic N) is 1. The molecular formula is C19H24N2O4. The monoisotopic (exact) mass is 344 g/mol. The Morgan fingerprint density at radius 1 is 1.28 bits per heavy atom. The van der Waals surface area contributed by atoms with Crippen molar-refractivity contribution in [3.05, 3.63) is 47.4 Å². The number of rotatable bonds is 5. The van der Waals surface area contributed by atoms with Gasteiger partial charge in [-0.2, -0.15) is 0 Å². The van der Waals surface area contributed by atoms with Crippen molar-refractivity contribution in [2.45, 2.75) is 32.4 Å². The van der Waals surface area contributed by atoms with Gasteiger partial charge >= 0.3 is 6.03 Å². The first-order chi connectivity index (χ1) is 12.1. The molecule has 0 saturated carbocycles. The molecule has 0 radical (unpaired) electrons. The summed E-state index contributed by atoms with van der Waals surface area (Å²) < 4.78 is 16.1. The molecule has 1 atom stereocenters. The number of carbonyl (C=O) groups excluding carboxylic acids is 1. The zero-order valence-corrected chi connectivity index (χ0v) is 14.9. The molecule has 0 saturated heterocycles. The summed E-state index contributed by atoms with van der Waals surface area (Å²) in [5.74, 6) is 2.29. The van der Waals surface area contributed by atoms with Gasteiger partial charge in [0, 0.05) is 25.6 Å². The van der Waals surface area contributed by atoms with E-state index in [4.69, 9.17) is 13.9 Å². The van der Waals surface area contributed by atoms with E-state index in [2.05, 4.69) is 5.32 Å². The van der Waals surface area contributed by atoms with Gasteiger partial charge in [-0.3, -0.25) is 0 Å². The fourth-order valence-electron chi connectivity index (χ4n) is 3.14. The van der Waals surface area contributed by atoms with Crippen LogP contribution in [0.5, 0.6) is 11.5 Å². The van der Waals surface area contributed by atoms with Crippen LogP contribution in [-0.4, -0.2) is 37.7 Å². The zero-order valence-electron chi connectivity index (χ0n) is 14.9. The van der Waals surface area contributed by atoms with E-state index in [0.29, 0.717) is 25.3 Å². The highest BCUT2D eigenvalue weighted by Crippen LogP contribution is 2.33. The van der Waals surface area contributed by atoms with Crippen molar-refractivity contribution in [2.75, 3.05) is 20.8 Å². The van der Waals surface area contributed by atoms with Gasteiger partial charge in [-0.25, -0.2) is 4.79 Å². The lowest BCUT2D eigenvalue weighted by Gasteiger charge is -2.30. The minimum absolute atomic E-state index is 0.00505. The summed E-state index contributed by atoms with van der Waals surface area (Å²) in [4.78, 5) is 14.4. The minimum Gasteiger partial charge on any atom is -0.493 e. The standard InChI is InChI=1S/C19H24N2O4/c1-13(9-16-5-4-8-25-16)20-19(22)21-7-6-14-10-17(23-2)18(24-3)11-15(14)12-21/h4-5,8,10-11,13H,6-7,9,12H2,1-3H3,(H,20,22)/t13-/m1/s1. The number of benzene rings is 1. The highest BCUT2D eigenvalue weighted by molar-refractivity contribution is 5.75. The molecule has 0 aliphatic carbocycles. The smallest absolute Gasteiger partial charge is 0.317 e. The largest absolute Gasteiger partial charge is 0.493 e. The van der Waals surface area contributed by atoms with Gasteiger partial charge in [-0.05, 0) is 48.7 Å². The Balaban J connectivity index is 1.64. The molecular weight excluding hydrogens is 320 g/mol. The molecule has 2 heterocycles. The van der Waals surface area contributed by atoms with Crippen molar-refractivity contribution in [1.82, 2.24) is 10.2 Å². The van der Waals surface area contributed by atoms with E-state index in [1.165, 1.54) is 5.56 Å². The number of methoxy groups -OCH3 is 2. The van der Waals surface area contributed by atoms with E-state index in [9.17, 15) is 4.79 Å². The highest BCUT2D eigenvalue weighted by Gasteiger charge is 2.23. The van der Waals surface area contributed by atoms with Crippen LogP contribution in [-0.2, 0) is 19.4 Å². The fraction of sp³-hybridized carbons (Fsp3) is 0.421. The second-order valence-electron chi connectivity index (χ2n) is 6.28. The molecule has 0 bridgehead atoms. The van der Waals surface area contributed by atoms with Crippen molar-refractivity contribution < 1.29 is 18.7 Å². The Labute approximate surface area is 147 Å². The van der Waals surface area contributed by atoms with Crippen molar-refractivity contribution in [3.63, 3.8) is 0 Å². The average molecular weight is 344 g/mol. The molecule has 6 nitrogen and oxygen atoms in total. The molecule has 0 spiro atoms. The number of nitrogens with one attached hydrogen (secondary N) is 1. The lowest BCUT2D eigenvalue weighted by molar-refractivity contribution is 0.188. The maximum Gasteiger partial charge on any atom is 0.317 e. The molecule has 1 N–H and O–H groups in total.